The smallest absolute Gasteiger partial charge is 0.260 e. The van der Waals surface area contributed by atoms with Crippen LogP contribution < -0.4 is 0 Å². The molecule has 7 unspecified atom stereocenters. The van der Waals surface area contributed by atoms with E-state index in [1.165, 1.54) is 16.7 Å². The summed E-state index contributed by atoms with van der Waals surface area (Å²) in [4.78, 5) is 41.6. The molecule has 144 valence electrons. The van der Waals surface area contributed by atoms with Gasteiger partial charge < -0.3 is 20.0 Å². The lowest BCUT2D eigenvalue weighted by Crippen LogP contribution is -2.71. The van der Waals surface area contributed by atoms with E-state index in [-0.39, 0.29) is 24.0 Å². The fourth-order valence-corrected chi connectivity index (χ4v) is 6.70. The van der Waals surface area contributed by atoms with Crippen molar-refractivity contribution in [2.75, 3.05) is 6.26 Å². The van der Waals surface area contributed by atoms with Crippen molar-refractivity contribution in [1.29, 1.82) is 0 Å². The molecule has 3 heterocycles. The summed E-state index contributed by atoms with van der Waals surface area (Å²) in [5, 5.41) is 21.1. The number of aliphatic hydroxyl groups excluding tert-OH is 2. The molecule has 1 saturated carbocycles. The number of allylic oxidation sites excluding steroid dienone is 2. The van der Waals surface area contributed by atoms with Gasteiger partial charge in [0, 0.05) is 18.8 Å². The molecule has 7 nitrogen and oxygen atoms in total. The molecule has 0 spiro atoms. The van der Waals surface area contributed by atoms with Crippen molar-refractivity contribution in [3.05, 3.63) is 23.8 Å². The predicted octanol–water partition coefficient (Wildman–Crippen LogP) is -0.173. The van der Waals surface area contributed by atoms with Gasteiger partial charge in [-0.2, -0.15) is 0 Å². The molecule has 0 aromatic heterocycles. The Morgan fingerprint density at radius 3 is 2.78 bits per heavy atom. The second-order valence-corrected chi connectivity index (χ2v) is 9.15. The maximum atomic E-state index is 13.7. The van der Waals surface area contributed by atoms with Crippen molar-refractivity contribution in [3.8, 4) is 0 Å². The third kappa shape index (κ3) is 2.04. The van der Waals surface area contributed by atoms with Crippen molar-refractivity contribution >= 4 is 29.4 Å². The van der Waals surface area contributed by atoms with Crippen LogP contribution in [0.25, 0.3) is 0 Å². The summed E-state index contributed by atoms with van der Waals surface area (Å²) in [5.74, 6) is -0.888. The Hall–Kier alpha value is -1.64. The number of carbonyl (C=O) groups excluding carboxylic acids is 3. The Labute approximate surface area is 161 Å². The van der Waals surface area contributed by atoms with Crippen LogP contribution in [0.4, 0.5) is 0 Å². The van der Waals surface area contributed by atoms with Crippen LogP contribution in [-0.2, 0) is 14.4 Å². The van der Waals surface area contributed by atoms with Gasteiger partial charge in [-0.3, -0.25) is 14.4 Å². The van der Waals surface area contributed by atoms with E-state index < -0.39 is 41.1 Å². The lowest BCUT2D eigenvalue weighted by molar-refractivity contribution is -0.167. The highest BCUT2D eigenvalue weighted by atomic mass is 32.2. The van der Waals surface area contributed by atoms with E-state index in [0.717, 1.165) is 5.57 Å². The zero-order valence-electron chi connectivity index (χ0n) is 14.9. The van der Waals surface area contributed by atoms with Gasteiger partial charge in [-0.1, -0.05) is 18.2 Å². The minimum atomic E-state index is -1.12. The number of aliphatic hydroxyl groups is 2. The van der Waals surface area contributed by atoms with Crippen molar-refractivity contribution in [3.63, 3.8) is 0 Å². The van der Waals surface area contributed by atoms with Gasteiger partial charge in [-0.05, 0) is 24.7 Å². The van der Waals surface area contributed by atoms with Gasteiger partial charge in [0.2, 0.25) is 5.91 Å². The number of nitrogens with zero attached hydrogens (tertiary/aromatic N) is 2. The summed E-state index contributed by atoms with van der Waals surface area (Å²) < 4.78 is 0. The number of carbonyl (C=O) groups is 3. The van der Waals surface area contributed by atoms with Crippen LogP contribution in [0.3, 0.4) is 0 Å². The summed E-state index contributed by atoms with van der Waals surface area (Å²) in [6.07, 6.45) is 6.69. The number of Topliss-reactive ketones (excluding diaryl/α,β-unsaturated/α-hetero) is 1. The monoisotopic (exact) mass is 390 g/mol. The molecule has 4 fully saturated rings. The maximum absolute atomic E-state index is 13.7. The van der Waals surface area contributed by atoms with E-state index in [1.54, 1.807) is 23.3 Å². The molecule has 2 N–H and O–H groups in total. The highest BCUT2D eigenvalue weighted by Gasteiger charge is 2.68. The van der Waals surface area contributed by atoms with E-state index in [2.05, 4.69) is 0 Å². The van der Waals surface area contributed by atoms with Crippen LogP contribution in [0.5, 0.6) is 0 Å². The number of hydrogen-bond donors (Lipinski definition) is 2. The zero-order chi connectivity index (χ0) is 19.1. The third-order valence-electron chi connectivity index (χ3n) is 6.90. The Morgan fingerprint density at radius 1 is 1.26 bits per heavy atom. The van der Waals surface area contributed by atoms with E-state index in [9.17, 15) is 24.6 Å². The van der Waals surface area contributed by atoms with Gasteiger partial charge in [-0.15, -0.1) is 11.8 Å². The average Bonchev–Trinajstić information content (AvgIpc) is 3.22. The molecular formula is C19H22N2O5S. The summed E-state index contributed by atoms with van der Waals surface area (Å²) in [5.41, 5.74) is 0.874. The molecule has 8 heteroatoms. The highest BCUT2D eigenvalue weighted by Crippen LogP contribution is 2.54. The lowest BCUT2D eigenvalue weighted by atomic mass is 9.81. The van der Waals surface area contributed by atoms with E-state index in [1.807, 2.05) is 6.08 Å². The quantitative estimate of drug-likeness (QED) is 0.645. The topological polar surface area (TPSA) is 98.2 Å². The number of amides is 2. The molecule has 2 aliphatic carbocycles. The van der Waals surface area contributed by atoms with Gasteiger partial charge in [-0.25, -0.2) is 0 Å². The lowest BCUT2D eigenvalue weighted by Gasteiger charge is -2.50. The first kappa shape index (κ1) is 17.5. The van der Waals surface area contributed by atoms with E-state index >= 15 is 0 Å². The van der Waals surface area contributed by atoms with Crippen LogP contribution in [-0.4, -0.2) is 79.1 Å². The molecule has 5 aliphatic rings. The number of ketones is 1. The molecule has 5 rings (SSSR count). The molecule has 0 aromatic carbocycles. The Balaban J connectivity index is 1.62. The fraction of sp³-hybridized carbons (Fsp3) is 0.632. The second kappa shape index (κ2) is 5.68. The minimum absolute atomic E-state index is 0.0277. The van der Waals surface area contributed by atoms with Crippen LogP contribution in [0.1, 0.15) is 25.7 Å². The zero-order valence-corrected chi connectivity index (χ0v) is 15.8. The number of fused-ring (bicyclic) bond motifs is 6. The Bertz CT molecular complexity index is 810. The molecule has 0 aromatic rings. The number of piperazine rings is 1. The summed E-state index contributed by atoms with van der Waals surface area (Å²) in [6, 6.07) is -1.88. The largest absolute Gasteiger partial charge is 0.391 e. The molecule has 0 bridgehead atoms. The average molecular weight is 390 g/mol. The minimum Gasteiger partial charge on any atom is -0.391 e. The molecule has 7 atom stereocenters. The molecule has 2 amide bonds. The summed E-state index contributed by atoms with van der Waals surface area (Å²) in [6.45, 7) is 0. The normalized spacial score (nSPS) is 45.4. The number of hydrogen-bond acceptors (Lipinski definition) is 6. The molecule has 3 aliphatic heterocycles. The van der Waals surface area contributed by atoms with Crippen LogP contribution in [0, 0.1) is 5.92 Å². The second-order valence-electron chi connectivity index (χ2n) is 8.07. The van der Waals surface area contributed by atoms with Gasteiger partial charge in [0.15, 0.2) is 4.87 Å². The van der Waals surface area contributed by atoms with E-state index in [4.69, 9.17) is 0 Å². The van der Waals surface area contributed by atoms with Crippen LogP contribution in [0.15, 0.2) is 23.8 Å². The SMILES string of the molecule is CSC12CC3=CC=CC(O)C3N1C(=O)C1CC3C(=O)CCC(O)C3N1C2=O. The molecule has 27 heavy (non-hydrogen) atoms. The first-order valence-corrected chi connectivity index (χ1v) is 10.6. The van der Waals surface area contributed by atoms with Gasteiger partial charge in [0.1, 0.15) is 11.8 Å². The van der Waals surface area contributed by atoms with Crippen LogP contribution in [0.2, 0.25) is 0 Å². The maximum Gasteiger partial charge on any atom is 0.260 e. The third-order valence-corrected chi connectivity index (χ3v) is 8.09. The number of thioether (sulfide) groups is 1. The van der Waals surface area contributed by atoms with Crippen molar-refractivity contribution in [2.24, 2.45) is 5.92 Å². The van der Waals surface area contributed by atoms with Crippen molar-refractivity contribution in [1.82, 2.24) is 9.80 Å². The number of rotatable bonds is 1. The molecule has 0 radical (unpaired) electrons. The van der Waals surface area contributed by atoms with Crippen LogP contribution >= 0.6 is 11.8 Å². The first-order chi connectivity index (χ1) is 12.9. The fourth-order valence-electron chi connectivity index (χ4n) is 5.71. The Kier molecular flexibility index (Phi) is 3.68. The predicted molar refractivity (Wildman–Crippen MR) is 97.5 cm³/mol. The van der Waals surface area contributed by atoms with Gasteiger partial charge >= 0.3 is 0 Å². The molecule has 3 saturated heterocycles. The summed E-state index contributed by atoms with van der Waals surface area (Å²) in [7, 11) is 0. The van der Waals surface area contributed by atoms with Crippen molar-refractivity contribution in [2.45, 2.75) is 60.9 Å². The Morgan fingerprint density at radius 2 is 2.04 bits per heavy atom. The van der Waals surface area contributed by atoms with Crippen molar-refractivity contribution < 1.29 is 24.6 Å². The highest BCUT2D eigenvalue weighted by molar-refractivity contribution is 8.00. The first-order valence-electron chi connectivity index (χ1n) is 9.38. The molecular weight excluding hydrogens is 368 g/mol. The van der Waals surface area contributed by atoms with Gasteiger partial charge in [0.25, 0.3) is 5.91 Å². The van der Waals surface area contributed by atoms with E-state index in [0.29, 0.717) is 19.3 Å². The summed E-state index contributed by atoms with van der Waals surface area (Å²) >= 11 is 1.30. The van der Waals surface area contributed by atoms with Gasteiger partial charge in [0.05, 0.1) is 24.3 Å². The standard InChI is InChI=1S/C19H22N2O5S/c1-27-19-8-9-3-2-4-13(23)15(9)21(19)17(25)11-7-10-12(22)5-6-14(24)16(10)20(11)18(19)26/h2-4,10-11,13-16,23-24H,5-8H2,1H3.